The average Bonchev–Trinajstić information content (AvgIpc) is 3.26. The van der Waals surface area contributed by atoms with Crippen molar-refractivity contribution >= 4 is 29.4 Å². The highest BCUT2D eigenvalue weighted by Crippen LogP contribution is 2.20. The van der Waals surface area contributed by atoms with Crippen LogP contribution in [-0.4, -0.2) is 20.7 Å². The Balaban J connectivity index is 1.40. The molecule has 4 aromatic rings. The summed E-state index contributed by atoms with van der Waals surface area (Å²) in [4.78, 5) is 16.7. The molecule has 33 heavy (non-hydrogen) atoms. The monoisotopic (exact) mass is 455 g/mol. The number of pyridine rings is 1. The first-order chi connectivity index (χ1) is 16.1. The summed E-state index contributed by atoms with van der Waals surface area (Å²) in [6.07, 6.45) is 6.04. The first-order valence-corrected chi connectivity index (χ1v) is 10.4. The van der Waals surface area contributed by atoms with Gasteiger partial charge < -0.3 is 10.1 Å². The highest BCUT2D eigenvalue weighted by atomic mass is 35.5. The Labute approximate surface area is 195 Å². The van der Waals surface area contributed by atoms with Gasteiger partial charge in [-0.15, -0.1) is 0 Å². The maximum atomic E-state index is 12.5. The highest BCUT2D eigenvalue weighted by Gasteiger charge is 2.14. The van der Waals surface area contributed by atoms with E-state index >= 15 is 0 Å². The summed E-state index contributed by atoms with van der Waals surface area (Å²) in [6, 6.07) is 22.1. The number of nitrogens with zero attached hydrogens (tertiary/aromatic N) is 4. The highest BCUT2D eigenvalue weighted by molar-refractivity contribution is 6.31. The number of amides is 1. The quantitative estimate of drug-likeness (QED) is 0.395. The van der Waals surface area contributed by atoms with Crippen LogP contribution >= 0.6 is 11.6 Å². The van der Waals surface area contributed by atoms with Crippen molar-refractivity contribution in [3.05, 3.63) is 107 Å². The van der Waals surface area contributed by atoms with E-state index in [4.69, 9.17) is 16.3 Å². The van der Waals surface area contributed by atoms with Crippen molar-refractivity contribution in [2.45, 2.75) is 6.61 Å². The van der Waals surface area contributed by atoms with Crippen molar-refractivity contribution in [2.75, 3.05) is 5.32 Å². The van der Waals surface area contributed by atoms with Gasteiger partial charge in [0.25, 0.3) is 0 Å². The predicted molar refractivity (Wildman–Crippen MR) is 126 cm³/mol. The maximum Gasteiger partial charge on any atom is 0.249 e. The molecule has 0 aliphatic rings. The van der Waals surface area contributed by atoms with Crippen molar-refractivity contribution in [2.24, 2.45) is 0 Å². The summed E-state index contributed by atoms with van der Waals surface area (Å²) in [5.74, 6) is 1.04. The van der Waals surface area contributed by atoms with Gasteiger partial charge in [-0.3, -0.25) is 4.79 Å². The van der Waals surface area contributed by atoms with Gasteiger partial charge in [-0.25, -0.2) is 4.98 Å². The second-order valence-corrected chi connectivity index (χ2v) is 7.30. The lowest BCUT2D eigenvalue weighted by atomic mass is 10.2. The maximum absolute atomic E-state index is 12.5. The van der Waals surface area contributed by atoms with E-state index in [0.29, 0.717) is 23.2 Å². The lowest BCUT2D eigenvalue weighted by Gasteiger charge is -2.08. The molecule has 2 aromatic heterocycles. The van der Waals surface area contributed by atoms with Gasteiger partial charge in [0.05, 0.1) is 6.20 Å². The van der Waals surface area contributed by atoms with E-state index in [-0.39, 0.29) is 11.4 Å². The molecule has 0 aliphatic carbocycles. The molecular formula is C25H18ClN5O2. The van der Waals surface area contributed by atoms with Crippen LogP contribution in [0.5, 0.6) is 5.75 Å². The zero-order valence-corrected chi connectivity index (χ0v) is 18.1. The summed E-state index contributed by atoms with van der Waals surface area (Å²) in [6.45, 7) is 0.364. The minimum absolute atomic E-state index is 0.238. The topological polar surface area (TPSA) is 92.8 Å². The standard InChI is InChI=1S/C25H18ClN5O2/c26-22-6-2-1-5-19(22)17-33-21-11-8-18(9-12-21)10-13-24(32)30-25-20(15-27)16-29-31(25)23-7-3-4-14-28-23/h1-14,16H,17H2,(H,30,32)/b13-10+. The Kier molecular flexibility index (Phi) is 6.78. The number of halogens is 1. The van der Waals surface area contributed by atoms with Gasteiger partial charge in [-0.1, -0.05) is 48.0 Å². The number of rotatable bonds is 7. The second-order valence-electron chi connectivity index (χ2n) is 6.89. The third-order valence-corrected chi connectivity index (χ3v) is 5.03. The van der Waals surface area contributed by atoms with E-state index in [1.807, 2.05) is 54.6 Å². The Morgan fingerprint density at radius 1 is 1.12 bits per heavy atom. The van der Waals surface area contributed by atoms with Crippen LogP contribution in [0.1, 0.15) is 16.7 Å². The number of hydrogen-bond donors (Lipinski definition) is 1. The minimum atomic E-state index is -0.400. The van der Waals surface area contributed by atoms with Gasteiger partial charge in [0.15, 0.2) is 11.6 Å². The van der Waals surface area contributed by atoms with Crippen molar-refractivity contribution < 1.29 is 9.53 Å². The van der Waals surface area contributed by atoms with E-state index in [1.165, 1.54) is 17.0 Å². The Hall–Kier alpha value is -4.41. The summed E-state index contributed by atoms with van der Waals surface area (Å²) < 4.78 is 7.18. The predicted octanol–water partition coefficient (Wildman–Crippen LogP) is 5.02. The third kappa shape index (κ3) is 5.45. The number of benzene rings is 2. The van der Waals surface area contributed by atoms with Gasteiger partial charge in [0, 0.05) is 22.9 Å². The molecule has 2 aromatic carbocycles. The second kappa shape index (κ2) is 10.3. The molecule has 0 saturated carbocycles. The molecular weight excluding hydrogens is 438 g/mol. The summed E-state index contributed by atoms with van der Waals surface area (Å²) in [5, 5.41) is 16.9. The molecule has 0 spiro atoms. The normalized spacial score (nSPS) is 10.7. The number of ether oxygens (including phenoxy) is 1. The molecule has 4 rings (SSSR count). The number of carbonyl (C=O) groups is 1. The van der Waals surface area contributed by atoms with Crippen molar-refractivity contribution in [1.82, 2.24) is 14.8 Å². The fourth-order valence-electron chi connectivity index (χ4n) is 2.99. The summed E-state index contributed by atoms with van der Waals surface area (Å²) in [5.41, 5.74) is 1.96. The smallest absolute Gasteiger partial charge is 0.249 e. The molecule has 0 radical (unpaired) electrons. The van der Waals surface area contributed by atoms with Crippen LogP contribution in [0.25, 0.3) is 11.9 Å². The number of anilines is 1. The number of hydrogen-bond acceptors (Lipinski definition) is 5. The fraction of sp³-hybridized carbons (Fsp3) is 0.0400. The van der Waals surface area contributed by atoms with E-state index < -0.39 is 5.91 Å². The lowest BCUT2D eigenvalue weighted by molar-refractivity contribution is -0.111. The van der Waals surface area contributed by atoms with Gasteiger partial charge in [-0.2, -0.15) is 15.0 Å². The summed E-state index contributed by atoms with van der Waals surface area (Å²) >= 11 is 6.15. The first kappa shape index (κ1) is 21.8. The molecule has 0 bridgehead atoms. The van der Waals surface area contributed by atoms with Crippen LogP contribution in [0.2, 0.25) is 5.02 Å². The van der Waals surface area contributed by atoms with Gasteiger partial charge in [-0.05, 0) is 42.0 Å². The van der Waals surface area contributed by atoms with Gasteiger partial charge in [0.2, 0.25) is 5.91 Å². The molecule has 162 valence electrons. The van der Waals surface area contributed by atoms with E-state index in [0.717, 1.165) is 11.1 Å². The largest absolute Gasteiger partial charge is 0.489 e. The number of aromatic nitrogens is 3. The zero-order valence-electron chi connectivity index (χ0n) is 17.4. The van der Waals surface area contributed by atoms with E-state index in [1.54, 1.807) is 30.5 Å². The van der Waals surface area contributed by atoms with Crippen LogP contribution in [0.4, 0.5) is 5.82 Å². The zero-order chi connectivity index (χ0) is 23.0. The van der Waals surface area contributed by atoms with E-state index in [2.05, 4.69) is 15.4 Å². The van der Waals surface area contributed by atoms with Crippen LogP contribution in [0.15, 0.2) is 85.2 Å². The molecule has 0 unspecified atom stereocenters. The van der Waals surface area contributed by atoms with Crippen LogP contribution in [-0.2, 0) is 11.4 Å². The van der Waals surface area contributed by atoms with Crippen molar-refractivity contribution in [3.63, 3.8) is 0 Å². The molecule has 0 atom stereocenters. The Bertz CT molecular complexity index is 1330. The Morgan fingerprint density at radius 2 is 1.91 bits per heavy atom. The average molecular weight is 456 g/mol. The van der Waals surface area contributed by atoms with E-state index in [9.17, 15) is 10.1 Å². The third-order valence-electron chi connectivity index (χ3n) is 4.66. The number of carbonyl (C=O) groups excluding carboxylic acids is 1. The van der Waals surface area contributed by atoms with Gasteiger partial charge in [0.1, 0.15) is 24.0 Å². The molecule has 0 saturated heterocycles. The molecule has 0 fully saturated rings. The molecule has 0 aliphatic heterocycles. The lowest BCUT2D eigenvalue weighted by Crippen LogP contribution is -2.13. The van der Waals surface area contributed by atoms with Crippen LogP contribution < -0.4 is 10.1 Å². The van der Waals surface area contributed by atoms with Gasteiger partial charge >= 0.3 is 0 Å². The van der Waals surface area contributed by atoms with Crippen LogP contribution in [0.3, 0.4) is 0 Å². The number of nitrogens with one attached hydrogen (secondary N) is 1. The fourth-order valence-corrected chi connectivity index (χ4v) is 3.18. The Morgan fingerprint density at radius 3 is 2.64 bits per heavy atom. The SMILES string of the molecule is N#Cc1cnn(-c2ccccn2)c1NC(=O)/C=C/c1ccc(OCc2ccccc2Cl)cc1. The van der Waals surface area contributed by atoms with Crippen molar-refractivity contribution in [3.8, 4) is 17.6 Å². The molecule has 1 amide bonds. The minimum Gasteiger partial charge on any atom is -0.489 e. The first-order valence-electron chi connectivity index (χ1n) is 9.99. The molecule has 2 heterocycles. The number of nitriles is 1. The molecule has 8 heteroatoms. The molecule has 1 N–H and O–H groups in total. The summed E-state index contributed by atoms with van der Waals surface area (Å²) in [7, 11) is 0. The van der Waals surface area contributed by atoms with Crippen LogP contribution in [0, 0.1) is 11.3 Å². The molecule has 7 nitrogen and oxygen atoms in total. The van der Waals surface area contributed by atoms with Crippen molar-refractivity contribution in [1.29, 1.82) is 5.26 Å².